The van der Waals surface area contributed by atoms with Crippen LogP contribution in [-0.4, -0.2) is 53.1 Å². The predicted octanol–water partition coefficient (Wildman–Crippen LogP) is 2.27. The first-order valence-electron chi connectivity index (χ1n) is 7.16. The smallest absolute Gasteiger partial charge is 0.222 e. The quantitative estimate of drug-likeness (QED) is 0.553. The van der Waals surface area contributed by atoms with E-state index in [1.54, 1.807) is 0 Å². The molecule has 0 aromatic carbocycles. The molecule has 2 amide bonds. The van der Waals surface area contributed by atoms with Crippen molar-refractivity contribution in [2.24, 2.45) is 5.92 Å². The molecule has 1 aliphatic rings. The first-order chi connectivity index (χ1) is 9.04. The number of carbonyl (C=O) groups is 2. The topological polar surface area (TPSA) is 40.6 Å². The van der Waals surface area contributed by atoms with E-state index >= 15 is 0 Å². The number of hydrogen-bond acceptors (Lipinski definition) is 2. The lowest BCUT2D eigenvalue weighted by atomic mass is 10.1. The van der Waals surface area contributed by atoms with Crippen LogP contribution < -0.4 is 0 Å². The monoisotopic (exact) mass is 332 g/mol. The third kappa shape index (κ3) is 5.93. The number of unbranched alkanes of at least 4 members (excludes halogenated alkanes) is 1. The summed E-state index contributed by atoms with van der Waals surface area (Å²) in [5.74, 6) is 0.856. The van der Waals surface area contributed by atoms with Crippen LogP contribution in [0.2, 0.25) is 0 Å². The molecule has 0 N–H and O–H groups in total. The van der Waals surface area contributed by atoms with Gasteiger partial charge in [0.05, 0.1) is 0 Å². The normalized spacial score (nSPS) is 16.0. The van der Waals surface area contributed by atoms with Crippen molar-refractivity contribution in [3.63, 3.8) is 0 Å². The zero-order valence-electron chi connectivity index (χ0n) is 12.0. The van der Waals surface area contributed by atoms with Gasteiger partial charge in [0, 0.05) is 44.4 Å². The maximum absolute atomic E-state index is 11.9. The highest BCUT2D eigenvalue weighted by Gasteiger charge is 2.23. The van der Waals surface area contributed by atoms with Gasteiger partial charge in [0.15, 0.2) is 0 Å². The largest absolute Gasteiger partial charge is 0.339 e. The van der Waals surface area contributed by atoms with E-state index < -0.39 is 0 Å². The molecule has 1 fully saturated rings. The van der Waals surface area contributed by atoms with Crippen LogP contribution in [0.25, 0.3) is 0 Å². The number of hydrogen-bond donors (Lipinski definition) is 0. The molecule has 19 heavy (non-hydrogen) atoms. The Bertz CT molecular complexity index is 300. The van der Waals surface area contributed by atoms with Gasteiger partial charge in [0.2, 0.25) is 11.8 Å². The van der Waals surface area contributed by atoms with Crippen molar-refractivity contribution < 1.29 is 9.59 Å². The van der Waals surface area contributed by atoms with Crippen LogP contribution in [0.15, 0.2) is 0 Å². The molecule has 0 atom stereocenters. The summed E-state index contributed by atoms with van der Waals surface area (Å²) in [5, 5.41) is 0.956. The lowest BCUT2D eigenvalue weighted by Gasteiger charge is -2.35. The lowest BCUT2D eigenvalue weighted by Crippen LogP contribution is -2.50. The summed E-state index contributed by atoms with van der Waals surface area (Å²) in [4.78, 5) is 27.6. The standard InChI is InChI=1S/C14H25BrN2O2/c1-12(2)11-14(19)17-9-7-16(8-10-17)13(18)5-3-4-6-15/h12H,3-11H2,1-2H3. The van der Waals surface area contributed by atoms with E-state index in [0.717, 1.165) is 18.2 Å². The summed E-state index contributed by atoms with van der Waals surface area (Å²) in [6.07, 6.45) is 3.22. The molecule has 110 valence electrons. The molecule has 0 aliphatic carbocycles. The Kier molecular flexibility index (Phi) is 7.42. The number of alkyl halides is 1. The van der Waals surface area contributed by atoms with Gasteiger partial charge in [-0.15, -0.1) is 0 Å². The van der Waals surface area contributed by atoms with Gasteiger partial charge in [0.25, 0.3) is 0 Å². The summed E-state index contributed by atoms with van der Waals surface area (Å²) in [7, 11) is 0. The number of halogens is 1. The molecule has 0 saturated carbocycles. The molecule has 0 unspecified atom stereocenters. The molecular formula is C14H25BrN2O2. The third-order valence-electron chi connectivity index (χ3n) is 3.34. The van der Waals surface area contributed by atoms with E-state index in [1.807, 2.05) is 9.80 Å². The number of piperazine rings is 1. The number of nitrogens with zero attached hydrogens (tertiary/aromatic N) is 2. The van der Waals surface area contributed by atoms with Crippen LogP contribution in [0.5, 0.6) is 0 Å². The molecule has 4 nitrogen and oxygen atoms in total. The van der Waals surface area contributed by atoms with Crippen molar-refractivity contribution >= 4 is 27.7 Å². The van der Waals surface area contributed by atoms with Crippen molar-refractivity contribution in [1.29, 1.82) is 0 Å². The third-order valence-corrected chi connectivity index (χ3v) is 3.90. The molecule has 1 rings (SSSR count). The molecule has 0 aromatic rings. The summed E-state index contributed by atoms with van der Waals surface area (Å²) in [6, 6.07) is 0. The van der Waals surface area contributed by atoms with E-state index in [0.29, 0.717) is 44.9 Å². The van der Waals surface area contributed by atoms with Crippen molar-refractivity contribution in [2.75, 3.05) is 31.5 Å². The van der Waals surface area contributed by atoms with Crippen LogP contribution in [0.4, 0.5) is 0 Å². The van der Waals surface area contributed by atoms with Crippen LogP contribution in [-0.2, 0) is 9.59 Å². The second kappa shape index (κ2) is 8.56. The minimum Gasteiger partial charge on any atom is -0.339 e. The van der Waals surface area contributed by atoms with Crippen LogP contribution in [0.3, 0.4) is 0 Å². The van der Waals surface area contributed by atoms with Crippen LogP contribution in [0, 0.1) is 5.92 Å². The number of amides is 2. The average molecular weight is 333 g/mol. The van der Waals surface area contributed by atoms with Gasteiger partial charge in [-0.2, -0.15) is 0 Å². The van der Waals surface area contributed by atoms with Crippen LogP contribution in [0.1, 0.15) is 39.5 Å². The van der Waals surface area contributed by atoms with Gasteiger partial charge >= 0.3 is 0 Å². The highest BCUT2D eigenvalue weighted by Crippen LogP contribution is 2.10. The van der Waals surface area contributed by atoms with Gasteiger partial charge < -0.3 is 9.80 Å². The van der Waals surface area contributed by atoms with E-state index in [-0.39, 0.29) is 11.8 Å². The van der Waals surface area contributed by atoms with Crippen molar-refractivity contribution in [2.45, 2.75) is 39.5 Å². The second-order valence-electron chi connectivity index (χ2n) is 5.51. The lowest BCUT2D eigenvalue weighted by molar-refractivity contribution is -0.140. The van der Waals surface area contributed by atoms with E-state index in [9.17, 15) is 9.59 Å². The first-order valence-corrected chi connectivity index (χ1v) is 8.28. The Morgan fingerprint density at radius 1 is 1.00 bits per heavy atom. The van der Waals surface area contributed by atoms with Crippen molar-refractivity contribution in [3.8, 4) is 0 Å². The number of rotatable bonds is 6. The molecule has 0 aromatic heterocycles. The molecule has 0 radical (unpaired) electrons. The zero-order chi connectivity index (χ0) is 14.3. The maximum atomic E-state index is 11.9. The van der Waals surface area contributed by atoms with Gasteiger partial charge in [-0.05, 0) is 18.8 Å². The van der Waals surface area contributed by atoms with Gasteiger partial charge in [0.1, 0.15) is 0 Å². The molecule has 1 aliphatic heterocycles. The Balaban J connectivity index is 2.28. The molecular weight excluding hydrogens is 308 g/mol. The summed E-state index contributed by atoms with van der Waals surface area (Å²) in [6.45, 7) is 6.88. The van der Waals surface area contributed by atoms with Gasteiger partial charge in [-0.1, -0.05) is 29.8 Å². The van der Waals surface area contributed by atoms with Gasteiger partial charge in [-0.25, -0.2) is 0 Å². The maximum Gasteiger partial charge on any atom is 0.222 e. The van der Waals surface area contributed by atoms with Crippen LogP contribution >= 0.6 is 15.9 Å². The zero-order valence-corrected chi connectivity index (χ0v) is 13.6. The highest BCUT2D eigenvalue weighted by atomic mass is 79.9. The summed E-state index contributed by atoms with van der Waals surface area (Å²) < 4.78 is 0. The number of carbonyl (C=O) groups excluding carboxylic acids is 2. The molecule has 1 saturated heterocycles. The Labute approximate surface area is 124 Å². The van der Waals surface area contributed by atoms with E-state index in [1.165, 1.54) is 0 Å². The molecule has 1 heterocycles. The van der Waals surface area contributed by atoms with Crippen molar-refractivity contribution in [1.82, 2.24) is 9.80 Å². The van der Waals surface area contributed by atoms with Crippen molar-refractivity contribution in [3.05, 3.63) is 0 Å². The fourth-order valence-corrected chi connectivity index (χ4v) is 2.61. The second-order valence-corrected chi connectivity index (χ2v) is 6.30. The summed E-state index contributed by atoms with van der Waals surface area (Å²) in [5.41, 5.74) is 0. The summed E-state index contributed by atoms with van der Waals surface area (Å²) >= 11 is 3.37. The van der Waals surface area contributed by atoms with E-state index in [2.05, 4.69) is 29.8 Å². The molecule has 0 bridgehead atoms. The predicted molar refractivity (Wildman–Crippen MR) is 80.3 cm³/mol. The van der Waals surface area contributed by atoms with E-state index in [4.69, 9.17) is 0 Å². The first kappa shape index (κ1) is 16.5. The Hall–Kier alpha value is -0.580. The average Bonchev–Trinajstić information content (AvgIpc) is 2.38. The highest BCUT2D eigenvalue weighted by molar-refractivity contribution is 9.09. The Morgan fingerprint density at radius 3 is 2.00 bits per heavy atom. The molecule has 0 spiro atoms. The fraction of sp³-hybridized carbons (Fsp3) is 0.857. The Morgan fingerprint density at radius 2 is 1.53 bits per heavy atom. The minimum absolute atomic E-state index is 0.224. The minimum atomic E-state index is 0.224. The SMILES string of the molecule is CC(C)CC(=O)N1CCN(C(=O)CCCCBr)CC1. The fourth-order valence-electron chi connectivity index (χ4n) is 2.21. The molecule has 5 heteroatoms. The van der Waals surface area contributed by atoms with Gasteiger partial charge in [-0.3, -0.25) is 9.59 Å².